The molecule has 3 amide bonds. The fraction of sp³-hybridized carbons (Fsp3) is 0.0500. The second kappa shape index (κ2) is 6.58. The largest absolute Gasteiger partial charge is 0.272 e. The molecule has 0 spiro atoms. The molecule has 0 bridgehead atoms. The van der Waals surface area contributed by atoms with Gasteiger partial charge in [0.2, 0.25) is 0 Å². The molecule has 1 aliphatic rings. The van der Waals surface area contributed by atoms with Crippen molar-refractivity contribution in [3.8, 4) is 0 Å². The Bertz CT molecular complexity index is 1190. The van der Waals surface area contributed by atoms with Crippen LogP contribution in [0, 0.1) is 0 Å². The highest BCUT2D eigenvalue weighted by Gasteiger charge is 2.34. The number of sulfonamides is 1. The topological polar surface area (TPSA) is 101 Å². The van der Waals surface area contributed by atoms with Crippen LogP contribution in [0.3, 0.4) is 0 Å². The van der Waals surface area contributed by atoms with Crippen molar-refractivity contribution < 1.29 is 22.8 Å². The van der Waals surface area contributed by atoms with Crippen LogP contribution in [-0.2, 0) is 14.8 Å². The smallest absolute Gasteiger partial charge is 0.264 e. The highest BCUT2D eigenvalue weighted by Crippen LogP contribution is 2.29. The summed E-state index contributed by atoms with van der Waals surface area (Å²) in [5.41, 5.74) is 0.595. The average molecular weight is 394 g/mol. The van der Waals surface area contributed by atoms with Crippen LogP contribution in [0.4, 0.5) is 0 Å². The van der Waals surface area contributed by atoms with Crippen molar-refractivity contribution >= 4 is 38.5 Å². The van der Waals surface area contributed by atoms with Crippen LogP contribution in [0.1, 0.15) is 20.7 Å². The maximum Gasteiger partial charge on any atom is 0.264 e. The van der Waals surface area contributed by atoms with Gasteiger partial charge in [0.05, 0.1) is 4.90 Å². The molecule has 1 heterocycles. The molecule has 3 aromatic rings. The molecular formula is C20H14N2O5S. The Morgan fingerprint density at radius 1 is 0.821 bits per heavy atom. The third-order valence-electron chi connectivity index (χ3n) is 4.46. The van der Waals surface area contributed by atoms with Crippen molar-refractivity contribution in [3.63, 3.8) is 0 Å². The third kappa shape index (κ3) is 2.93. The van der Waals surface area contributed by atoms with E-state index in [1.165, 1.54) is 24.3 Å². The number of nitrogens with one attached hydrogen (secondary N) is 1. The fourth-order valence-electron chi connectivity index (χ4n) is 3.21. The molecule has 0 saturated heterocycles. The first-order chi connectivity index (χ1) is 13.4. The van der Waals surface area contributed by atoms with Gasteiger partial charge in [-0.3, -0.25) is 19.3 Å². The molecule has 140 valence electrons. The average Bonchev–Trinajstić information content (AvgIpc) is 2.69. The summed E-state index contributed by atoms with van der Waals surface area (Å²) in [6.07, 6.45) is 0. The lowest BCUT2D eigenvalue weighted by atomic mass is 9.94. The Labute approximate surface area is 160 Å². The minimum Gasteiger partial charge on any atom is -0.272 e. The fourth-order valence-corrected chi connectivity index (χ4v) is 4.21. The van der Waals surface area contributed by atoms with Gasteiger partial charge in [0, 0.05) is 16.5 Å². The molecule has 3 aromatic carbocycles. The van der Waals surface area contributed by atoms with Gasteiger partial charge in [-0.05, 0) is 29.7 Å². The van der Waals surface area contributed by atoms with Crippen molar-refractivity contribution in [1.29, 1.82) is 0 Å². The molecule has 28 heavy (non-hydrogen) atoms. The Balaban J connectivity index is 1.62. The van der Waals surface area contributed by atoms with Crippen LogP contribution in [0.15, 0.2) is 71.6 Å². The summed E-state index contributed by atoms with van der Waals surface area (Å²) in [6, 6.07) is 17.5. The lowest BCUT2D eigenvalue weighted by Gasteiger charge is -2.26. The molecule has 7 nitrogen and oxygen atoms in total. The van der Waals surface area contributed by atoms with Crippen molar-refractivity contribution in [1.82, 2.24) is 9.62 Å². The molecule has 0 fully saturated rings. The summed E-state index contributed by atoms with van der Waals surface area (Å²) < 4.78 is 26.5. The van der Waals surface area contributed by atoms with Crippen LogP contribution < -0.4 is 4.72 Å². The summed E-state index contributed by atoms with van der Waals surface area (Å²) in [5, 5.41) is 1.28. The van der Waals surface area contributed by atoms with E-state index >= 15 is 0 Å². The maximum atomic E-state index is 12.8. The molecule has 0 atom stereocenters. The Kier molecular flexibility index (Phi) is 4.20. The Hall–Kier alpha value is -3.52. The second-order valence-corrected chi connectivity index (χ2v) is 7.93. The molecule has 1 aliphatic heterocycles. The zero-order valence-electron chi connectivity index (χ0n) is 14.5. The van der Waals surface area contributed by atoms with Gasteiger partial charge in [-0.25, -0.2) is 13.1 Å². The van der Waals surface area contributed by atoms with Crippen molar-refractivity contribution in [2.45, 2.75) is 4.90 Å². The van der Waals surface area contributed by atoms with Gasteiger partial charge in [-0.15, -0.1) is 0 Å². The predicted molar refractivity (Wildman–Crippen MR) is 101 cm³/mol. The minimum atomic E-state index is -4.09. The van der Waals surface area contributed by atoms with Crippen LogP contribution in [-0.4, -0.2) is 37.6 Å². The Morgan fingerprint density at radius 2 is 1.39 bits per heavy atom. The van der Waals surface area contributed by atoms with Crippen molar-refractivity contribution in [3.05, 3.63) is 77.9 Å². The number of amides is 3. The predicted octanol–water partition coefficient (Wildman–Crippen LogP) is 1.94. The molecule has 8 heteroatoms. The van der Waals surface area contributed by atoms with E-state index in [4.69, 9.17) is 0 Å². The van der Waals surface area contributed by atoms with Gasteiger partial charge in [-0.1, -0.05) is 42.5 Å². The minimum absolute atomic E-state index is 0.0882. The van der Waals surface area contributed by atoms with Gasteiger partial charge >= 0.3 is 0 Å². The summed E-state index contributed by atoms with van der Waals surface area (Å²) in [5.74, 6) is -2.25. The van der Waals surface area contributed by atoms with Crippen LogP contribution in [0.2, 0.25) is 0 Å². The first-order valence-electron chi connectivity index (χ1n) is 8.37. The standard InChI is InChI=1S/C20H14N2O5S/c23-17(21-28(26,27)14-8-2-1-3-9-14)12-22-19(24)15-10-4-6-13-7-5-11-16(18(13)15)20(22)25/h1-11H,12H2,(H,21,23). The number of hydrogen-bond acceptors (Lipinski definition) is 5. The molecule has 1 N–H and O–H groups in total. The molecule has 0 unspecified atom stereocenters. The lowest BCUT2D eigenvalue weighted by Crippen LogP contribution is -2.47. The van der Waals surface area contributed by atoms with Crippen molar-refractivity contribution in [2.75, 3.05) is 6.54 Å². The summed E-state index contributed by atoms with van der Waals surface area (Å²) in [4.78, 5) is 38.5. The first-order valence-corrected chi connectivity index (χ1v) is 9.85. The van der Waals surface area contributed by atoms with Crippen LogP contribution >= 0.6 is 0 Å². The number of hydrogen-bond donors (Lipinski definition) is 1. The van der Waals surface area contributed by atoms with E-state index in [-0.39, 0.29) is 4.90 Å². The first kappa shape index (κ1) is 17.9. The maximum absolute atomic E-state index is 12.8. The van der Waals surface area contributed by atoms with E-state index in [9.17, 15) is 22.8 Å². The molecule has 4 rings (SSSR count). The zero-order chi connectivity index (χ0) is 19.9. The van der Waals surface area contributed by atoms with Crippen molar-refractivity contribution in [2.24, 2.45) is 0 Å². The van der Waals surface area contributed by atoms with Gasteiger partial charge in [0.1, 0.15) is 6.54 Å². The molecular weight excluding hydrogens is 380 g/mol. The summed E-state index contributed by atoms with van der Waals surface area (Å²) >= 11 is 0. The quantitative estimate of drug-likeness (QED) is 0.682. The summed E-state index contributed by atoms with van der Waals surface area (Å²) in [6.45, 7) is -0.700. The number of carbonyl (C=O) groups is 3. The zero-order valence-corrected chi connectivity index (χ0v) is 15.3. The van der Waals surface area contributed by atoms with E-state index in [1.54, 1.807) is 42.5 Å². The number of carbonyl (C=O) groups excluding carboxylic acids is 3. The van der Waals surface area contributed by atoms with Gasteiger partial charge in [-0.2, -0.15) is 0 Å². The lowest BCUT2D eigenvalue weighted by molar-refractivity contribution is -0.119. The Morgan fingerprint density at radius 3 is 1.96 bits per heavy atom. The van der Waals surface area contributed by atoms with E-state index < -0.39 is 34.3 Å². The molecule has 0 radical (unpaired) electrons. The SMILES string of the molecule is O=C(CN1C(=O)c2cccc3cccc(c23)C1=O)NS(=O)(=O)c1ccccc1. The van der Waals surface area contributed by atoms with E-state index in [1.807, 2.05) is 4.72 Å². The number of rotatable bonds is 4. The highest BCUT2D eigenvalue weighted by atomic mass is 32.2. The van der Waals surface area contributed by atoms with Gasteiger partial charge in [0.25, 0.3) is 27.7 Å². The van der Waals surface area contributed by atoms with Gasteiger partial charge < -0.3 is 0 Å². The van der Waals surface area contributed by atoms with E-state index in [2.05, 4.69) is 0 Å². The number of imide groups is 1. The van der Waals surface area contributed by atoms with Gasteiger partial charge in [0.15, 0.2) is 0 Å². The molecule has 0 saturated carbocycles. The molecule has 0 aliphatic carbocycles. The summed E-state index contributed by atoms with van der Waals surface area (Å²) in [7, 11) is -4.09. The number of nitrogens with zero attached hydrogens (tertiary/aromatic N) is 1. The monoisotopic (exact) mass is 394 g/mol. The normalized spacial score (nSPS) is 13.6. The van der Waals surface area contributed by atoms with Crippen LogP contribution in [0.25, 0.3) is 10.8 Å². The van der Waals surface area contributed by atoms with Crippen LogP contribution in [0.5, 0.6) is 0 Å². The molecule has 0 aromatic heterocycles. The second-order valence-electron chi connectivity index (χ2n) is 6.25. The highest BCUT2D eigenvalue weighted by molar-refractivity contribution is 7.90. The van der Waals surface area contributed by atoms with E-state index in [0.29, 0.717) is 16.5 Å². The number of benzene rings is 3. The third-order valence-corrected chi connectivity index (χ3v) is 5.85. The van der Waals surface area contributed by atoms with E-state index in [0.717, 1.165) is 10.3 Å².